The fourth-order valence-electron chi connectivity index (χ4n) is 12.5. The number of aromatic nitrogens is 2. The van der Waals surface area contributed by atoms with Crippen molar-refractivity contribution in [2.45, 2.75) is 118 Å². The summed E-state index contributed by atoms with van der Waals surface area (Å²) in [6.07, 6.45) is -3.33. The summed E-state index contributed by atoms with van der Waals surface area (Å²) >= 11 is -3.51. The van der Waals surface area contributed by atoms with Gasteiger partial charge in [0.1, 0.15) is 12.6 Å². The van der Waals surface area contributed by atoms with Crippen LogP contribution in [0, 0.1) is 23.2 Å². The second-order valence-corrected chi connectivity index (χ2v) is 29.8. The summed E-state index contributed by atoms with van der Waals surface area (Å²) < 4.78 is 91.8. The Morgan fingerprint density at radius 3 is 2.54 bits per heavy atom. The number of fused-ring (bicyclic) bond motifs is 10. The number of rotatable bonds is 10. The summed E-state index contributed by atoms with van der Waals surface area (Å²) in [5.41, 5.74) is 2.26. The first-order valence-electron chi connectivity index (χ1n) is 25.0. The number of likely N-dealkylation sites (tertiary alicyclic amines) is 1. The molecule has 6 bridgehead atoms. The van der Waals surface area contributed by atoms with Gasteiger partial charge in [-0.1, -0.05) is 13.8 Å². The van der Waals surface area contributed by atoms with Gasteiger partial charge in [-0.2, -0.15) is 13.2 Å². The fourth-order valence-corrected chi connectivity index (χ4v) is 21.3. The van der Waals surface area contributed by atoms with Crippen LogP contribution in [0.2, 0.25) is 8.35 Å². The molecule has 12 nitrogen and oxygen atoms in total. The van der Waals surface area contributed by atoms with Gasteiger partial charge in [0.15, 0.2) is 0 Å². The Morgan fingerprint density at radius 1 is 1.08 bits per heavy atom. The first-order valence-corrected chi connectivity index (χ1v) is 31.9. The molecule has 18 heteroatoms. The van der Waals surface area contributed by atoms with Crippen LogP contribution in [0.5, 0.6) is 0 Å². The van der Waals surface area contributed by atoms with Crippen molar-refractivity contribution in [2.24, 2.45) is 23.2 Å². The molecule has 1 N–H and O–H groups in total. The van der Waals surface area contributed by atoms with E-state index in [0.29, 0.717) is 88.9 Å². The van der Waals surface area contributed by atoms with Crippen molar-refractivity contribution in [3.63, 3.8) is 0 Å². The topological polar surface area (TPSA) is 126 Å². The molecule has 3 unspecified atom stereocenters. The maximum atomic E-state index is 15.2. The van der Waals surface area contributed by atoms with Crippen molar-refractivity contribution in [1.82, 2.24) is 24.8 Å². The van der Waals surface area contributed by atoms with Crippen LogP contribution >= 0.6 is 0 Å². The molecule has 1 saturated carbocycles. The summed E-state index contributed by atoms with van der Waals surface area (Å²) in [4.78, 5) is 62.8. The number of halogens is 5. The average molecular weight is 1100 g/mol. The summed E-state index contributed by atoms with van der Waals surface area (Å²) in [6, 6.07) is 11.3. The van der Waals surface area contributed by atoms with E-state index in [9.17, 15) is 27.6 Å². The molecular formula is C54H63F5InN6O6+. The Hall–Kier alpha value is -4.94. The quantitative estimate of drug-likeness (QED) is 0.0955. The molecule has 72 heavy (non-hydrogen) atoms. The number of amides is 3. The number of pyridine rings is 1. The molecule has 2 aromatic carbocycles. The molecule has 0 radical (unpaired) electrons. The molecule has 9 rings (SSSR count). The first-order chi connectivity index (χ1) is 34.1. The van der Waals surface area contributed by atoms with E-state index in [-0.39, 0.29) is 58.6 Å². The molecule has 5 aliphatic rings. The summed E-state index contributed by atoms with van der Waals surface area (Å²) in [6.45, 7) is 15.6. The standard InChI is InChI=1S/C45H49F5N5O4.C8H10NO2.CH3.In/c1-24(2)15-36(56)52-32-18-25-16-27(19-28(17-25)42(46)47)26-11-12-34-31(20-26)37-38(41(58-6)39-29(9-7-13-51-39)40(37)54(34)22-45(48,49)50)44(3,4)23-59-35-21-30(35)33-10-8-14-55(43(32)57)53(33)5;1-2-8(11)9-4-3-7(5-9)6-10;;/h7,9,11-13,15-17,19-20,24,30,32-33,35,38,41-42H,5,8,10,14,18,21-23H2,1-4,6H3;2,7H,1,3-5H2;1H3;/p+1/t30?,32-,33-,35?,38?,41-;7-;;/m00../s1. The molecule has 4 aromatic rings. The Bertz CT molecular complexity index is 2830. The average Bonchev–Trinajstić information content (AvgIpc) is 3.82. The van der Waals surface area contributed by atoms with E-state index in [1.807, 2.05) is 32.4 Å². The van der Waals surface area contributed by atoms with E-state index in [1.165, 1.54) is 22.8 Å². The molecule has 2 aromatic heterocycles. The SMILES string of the molecule is C=CC(=O)N1CC[C@H]([C](=O)[In]([CH3])[C@H](C(=O)N[C@H]2Cc3cc(cc(C(F)F)c3)-c3ccc4c(c3)c3c(n4CC(F)(F)F)-c4cccnc4[C@@H](OC)C3C(C)(C)COC3CC3[C@@H]3CCCN(C2=O)[N+]3=C)C(C)C)C1. The van der Waals surface area contributed by atoms with Gasteiger partial charge >= 0.3 is 319 Å². The molecule has 2 aliphatic carbocycles. The molecule has 3 aliphatic heterocycles. The van der Waals surface area contributed by atoms with Crippen LogP contribution in [0.3, 0.4) is 0 Å². The predicted molar refractivity (Wildman–Crippen MR) is 264 cm³/mol. The van der Waals surface area contributed by atoms with Gasteiger partial charge in [0.05, 0.1) is 11.4 Å². The number of carbonyl (C=O) groups excluding carboxylic acids is 4. The second kappa shape index (κ2) is 20.1. The van der Waals surface area contributed by atoms with E-state index in [1.54, 1.807) is 64.3 Å². The van der Waals surface area contributed by atoms with Crippen molar-refractivity contribution in [2.75, 3.05) is 33.4 Å². The predicted octanol–water partition coefficient (Wildman–Crippen LogP) is 9.04. The van der Waals surface area contributed by atoms with Crippen molar-refractivity contribution in [1.29, 1.82) is 0 Å². The van der Waals surface area contributed by atoms with E-state index in [2.05, 4.69) is 18.6 Å². The van der Waals surface area contributed by atoms with Gasteiger partial charge in [0.25, 0.3) is 0 Å². The van der Waals surface area contributed by atoms with Crippen molar-refractivity contribution < 1.29 is 55.3 Å². The maximum absolute atomic E-state index is 15.2. The summed E-state index contributed by atoms with van der Waals surface area (Å²) in [5, 5.41) is 5.09. The molecule has 8 atom stereocenters. The number of hydrazone groups is 1. The minimum absolute atomic E-state index is 0.0207. The van der Waals surface area contributed by atoms with Crippen LogP contribution < -0.4 is 5.32 Å². The molecular weight excluding hydrogens is 1040 g/mol. The molecule has 3 fully saturated rings. The Labute approximate surface area is 424 Å². The van der Waals surface area contributed by atoms with Gasteiger partial charge in [-0.15, -0.1) is 0 Å². The van der Waals surface area contributed by atoms with Crippen LogP contribution in [0.15, 0.2) is 67.4 Å². The minimum atomic E-state index is -4.61. The second-order valence-electron chi connectivity index (χ2n) is 21.6. The van der Waals surface area contributed by atoms with E-state index < -0.39 is 85.5 Å². The molecule has 0 spiro atoms. The number of hydrogen-bond acceptors (Lipinski definition) is 7. The number of methoxy groups -OCH3 is 1. The van der Waals surface area contributed by atoms with E-state index in [0.717, 1.165) is 0 Å². The zero-order chi connectivity index (χ0) is 51.7. The number of ether oxygens (including phenoxy) is 2. The number of nitrogens with zero attached hydrogens (tertiary/aromatic N) is 5. The van der Waals surface area contributed by atoms with Gasteiger partial charge in [-0.3, -0.25) is 4.98 Å². The van der Waals surface area contributed by atoms with Gasteiger partial charge in [0, 0.05) is 24.8 Å². The third-order valence-corrected chi connectivity index (χ3v) is 26.1. The zero-order valence-corrected chi connectivity index (χ0v) is 45.0. The third-order valence-electron chi connectivity index (χ3n) is 16.0. The van der Waals surface area contributed by atoms with Gasteiger partial charge in [0.2, 0.25) is 0 Å². The van der Waals surface area contributed by atoms with Gasteiger partial charge in [-0.05, 0) is 17.5 Å². The van der Waals surface area contributed by atoms with E-state index in [4.69, 9.17) is 14.5 Å². The zero-order valence-electron chi connectivity index (χ0n) is 41.7. The summed E-state index contributed by atoms with van der Waals surface area (Å²) in [5.74, 6) is -2.45. The van der Waals surface area contributed by atoms with Gasteiger partial charge < -0.3 is 9.30 Å². The fraction of sp³-hybridized carbons (Fsp3) is 0.519. The monoisotopic (exact) mass is 1100 g/mol. The van der Waals surface area contributed by atoms with E-state index >= 15 is 13.6 Å². The van der Waals surface area contributed by atoms with Crippen molar-refractivity contribution in [3.05, 3.63) is 89.8 Å². The van der Waals surface area contributed by atoms with Crippen molar-refractivity contribution in [3.8, 4) is 22.4 Å². The summed E-state index contributed by atoms with van der Waals surface area (Å²) in [7, 11) is 1.56. The van der Waals surface area contributed by atoms with Crippen LogP contribution in [0.4, 0.5) is 22.0 Å². The number of hydrazine groups is 1. The normalized spacial score (nSPS) is 25.4. The number of nitrogens with one attached hydrogen (secondary N) is 1. The van der Waals surface area contributed by atoms with Crippen LogP contribution in [0.1, 0.15) is 94.2 Å². The van der Waals surface area contributed by atoms with Crippen LogP contribution in [-0.2, 0) is 41.6 Å². The Morgan fingerprint density at radius 2 is 1.85 bits per heavy atom. The molecule has 2 saturated heterocycles. The van der Waals surface area contributed by atoms with Crippen LogP contribution in [0.25, 0.3) is 33.3 Å². The molecule has 3 amide bonds. The Kier molecular flexibility index (Phi) is 14.5. The van der Waals surface area contributed by atoms with Gasteiger partial charge in [-0.25, -0.2) is 0 Å². The Balaban J connectivity index is 1.18. The third kappa shape index (κ3) is 9.80. The number of benzene rings is 2. The van der Waals surface area contributed by atoms with Crippen molar-refractivity contribution >= 4 is 60.3 Å². The molecule has 5 heterocycles. The number of alkyl halides is 5. The first kappa shape index (κ1) is 51.9. The molecule has 382 valence electrons. The van der Waals surface area contributed by atoms with Crippen LogP contribution in [-0.4, -0.2) is 131 Å². The number of carbonyl (C=O) groups is 4. The number of hydrogen-bond donors (Lipinski definition) is 1.